The van der Waals surface area contributed by atoms with Crippen LogP contribution in [0.4, 0.5) is 10.6 Å². The van der Waals surface area contributed by atoms with E-state index in [2.05, 4.69) is 62.8 Å². The van der Waals surface area contributed by atoms with Gasteiger partial charge in [-0.3, -0.25) is 14.4 Å². The number of carbonyl (C=O) groups excluding carboxylic acids is 2. The molecule has 10 nitrogen and oxygen atoms in total. The van der Waals surface area contributed by atoms with Crippen LogP contribution in [0, 0.1) is 18.3 Å². The molecule has 0 unspecified atom stereocenters. The number of rotatable bonds is 11. The molecule has 54 heavy (non-hydrogen) atoms. The number of fused-ring (bicyclic) bond motifs is 3. The first-order valence-corrected chi connectivity index (χ1v) is 20.6. The second-order valence-electron chi connectivity index (χ2n) is 17.2. The van der Waals surface area contributed by atoms with Crippen molar-refractivity contribution >= 4 is 17.8 Å². The Bertz CT molecular complexity index is 1760. The average Bonchev–Trinajstić information content (AvgIpc) is 3.72. The molecule has 1 aliphatic heterocycles. The van der Waals surface area contributed by atoms with Crippen molar-refractivity contribution in [2.24, 2.45) is 11.3 Å². The van der Waals surface area contributed by atoms with Crippen LogP contribution in [0.15, 0.2) is 48.9 Å². The van der Waals surface area contributed by atoms with Crippen LogP contribution in [0.2, 0.25) is 0 Å². The summed E-state index contributed by atoms with van der Waals surface area (Å²) >= 11 is 0. The van der Waals surface area contributed by atoms with Crippen LogP contribution >= 0.6 is 0 Å². The van der Waals surface area contributed by atoms with Gasteiger partial charge in [0.05, 0.1) is 24.9 Å². The van der Waals surface area contributed by atoms with Crippen LogP contribution in [0.5, 0.6) is 5.75 Å². The minimum absolute atomic E-state index is 0.0420. The van der Waals surface area contributed by atoms with E-state index in [9.17, 15) is 14.7 Å². The molecule has 4 aliphatic carbocycles. The highest BCUT2D eigenvalue weighted by atomic mass is 16.6. The largest absolute Gasteiger partial charge is 0.496 e. The number of aliphatic hydroxyl groups excluding tert-OH is 1. The molecular formula is C44H61N5O5. The molecule has 0 atom stereocenters. The number of methoxy groups -OCH3 is 1. The zero-order chi connectivity index (χ0) is 38.1. The lowest BCUT2D eigenvalue weighted by atomic mass is 9.51. The number of benzene rings is 1. The number of anilines is 1. The average molecular weight is 740 g/mol. The van der Waals surface area contributed by atoms with Gasteiger partial charge in [-0.05, 0) is 149 Å². The number of nitrogens with zero attached hydrogens (tertiary/aromatic N) is 5. The van der Waals surface area contributed by atoms with E-state index in [1.165, 1.54) is 11.1 Å². The van der Waals surface area contributed by atoms with Crippen molar-refractivity contribution in [1.82, 2.24) is 19.7 Å². The minimum atomic E-state index is -0.341. The maximum absolute atomic E-state index is 14.8. The van der Waals surface area contributed by atoms with Crippen molar-refractivity contribution in [3.8, 4) is 16.9 Å². The lowest BCUT2D eigenvalue weighted by Crippen LogP contribution is -2.52. The number of amides is 2. The highest BCUT2D eigenvalue weighted by molar-refractivity contribution is 5.95. The fraction of sp³-hybridized carbons (Fsp3) is 0.636. The molecular weight excluding hydrogens is 679 g/mol. The van der Waals surface area contributed by atoms with Crippen LogP contribution in [-0.2, 0) is 20.5 Å². The van der Waals surface area contributed by atoms with E-state index >= 15 is 0 Å². The molecule has 0 spiro atoms. The quantitative estimate of drug-likeness (QED) is 0.210. The molecule has 4 saturated carbocycles. The number of carbonyl (C=O) groups is 2. The van der Waals surface area contributed by atoms with Crippen LogP contribution in [0.1, 0.15) is 122 Å². The summed E-state index contributed by atoms with van der Waals surface area (Å²) in [5.74, 6) is 1.63. The SMILES string of the molecule is CCC(C)(CC)n1cc(-c2ccnc(N(CC34CCC(c5ccc(OC)c(C)c5)(CC3)CC4)C(=O)[C@H]3CC[C@H](OC(=O)N4CCC(O)CC4)CC3)c2)cn1. The number of hydrogen-bond acceptors (Lipinski definition) is 7. The van der Waals surface area contributed by atoms with Gasteiger partial charge in [0.15, 0.2) is 0 Å². The van der Waals surface area contributed by atoms with Crippen LogP contribution in [-0.4, -0.2) is 75.7 Å². The van der Waals surface area contributed by atoms with E-state index in [0.29, 0.717) is 64.0 Å². The first-order chi connectivity index (χ1) is 26.0. The number of piperidine rings is 1. The van der Waals surface area contributed by atoms with E-state index in [1.807, 2.05) is 23.4 Å². The molecule has 2 aromatic heterocycles. The molecule has 1 saturated heterocycles. The number of aromatic nitrogens is 3. The van der Waals surface area contributed by atoms with E-state index in [-0.39, 0.29) is 46.5 Å². The second-order valence-corrected chi connectivity index (χ2v) is 17.2. The zero-order valence-corrected chi connectivity index (χ0v) is 33.2. The van der Waals surface area contributed by atoms with Crippen molar-refractivity contribution in [2.45, 2.75) is 141 Å². The van der Waals surface area contributed by atoms with Gasteiger partial charge in [-0.15, -0.1) is 0 Å². The smallest absolute Gasteiger partial charge is 0.410 e. The van der Waals surface area contributed by atoms with Gasteiger partial charge in [0.25, 0.3) is 0 Å². The standard InChI is InChI=1S/C44H61N5O5/c1-6-42(4,7-2)49-29-34(28-46-49)33-14-23-45-39(27-33)48(40(51)32-8-11-37(12-9-32)54-41(52)47-24-15-36(50)16-25-47)30-43-17-20-44(21-18-43,22-19-43)35-10-13-38(53-5)31(3)26-35/h10,13-14,23,26-29,32,36-37,50H,6-9,11-12,15-22,24-25,30H2,1-5H3/t32-,37-,43?,44?. The van der Waals surface area contributed by atoms with E-state index in [1.54, 1.807) is 12.0 Å². The fourth-order valence-electron chi connectivity index (χ4n) is 9.75. The van der Waals surface area contributed by atoms with Crippen molar-refractivity contribution in [3.63, 3.8) is 0 Å². The Morgan fingerprint density at radius 3 is 2.26 bits per heavy atom. The topological polar surface area (TPSA) is 110 Å². The van der Waals surface area contributed by atoms with Crippen molar-refractivity contribution < 1.29 is 24.2 Å². The summed E-state index contributed by atoms with van der Waals surface area (Å²) in [5.41, 5.74) is 4.82. The van der Waals surface area contributed by atoms with Gasteiger partial charge in [0.2, 0.25) is 5.91 Å². The molecule has 292 valence electrons. The summed E-state index contributed by atoms with van der Waals surface area (Å²) in [6.45, 7) is 10.5. The number of aliphatic hydroxyl groups is 1. The maximum Gasteiger partial charge on any atom is 0.410 e. The van der Waals surface area contributed by atoms with Gasteiger partial charge in [-0.2, -0.15) is 5.10 Å². The molecule has 8 rings (SSSR count). The van der Waals surface area contributed by atoms with E-state index in [4.69, 9.17) is 19.6 Å². The monoisotopic (exact) mass is 739 g/mol. The summed E-state index contributed by atoms with van der Waals surface area (Å²) in [6.07, 6.45) is 17.5. The Hall–Kier alpha value is -3.92. The Labute approximate surface area is 321 Å². The number of likely N-dealkylation sites (tertiary alicyclic amines) is 1. The third kappa shape index (κ3) is 7.64. The molecule has 2 amide bonds. The lowest BCUT2D eigenvalue weighted by molar-refractivity contribution is -0.124. The number of pyridine rings is 1. The molecule has 1 aromatic carbocycles. The lowest BCUT2D eigenvalue weighted by Gasteiger charge is -2.55. The zero-order valence-electron chi connectivity index (χ0n) is 33.2. The third-order valence-corrected chi connectivity index (χ3v) is 14.2. The first-order valence-electron chi connectivity index (χ1n) is 20.6. The number of hydrogen-bond donors (Lipinski definition) is 1. The van der Waals surface area contributed by atoms with E-state index < -0.39 is 0 Å². The Morgan fingerprint density at radius 2 is 1.63 bits per heavy atom. The molecule has 3 aromatic rings. The first kappa shape index (κ1) is 38.4. The molecule has 5 fully saturated rings. The van der Waals surface area contributed by atoms with Gasteiger partial charge in [0.1, 0.15) is 17.7 Å². The highest BCUT2D eigenvalue weighted by Gasteiger charge is 2.51. The second kappa shape index (κ2) is 15.7. The molecule has 10 heteroatoms. The third-order valence-electron chi connectivity index (χ3n) is 14.2. The summed E-state index contributed by atoms with van der Waals surface area (Å²) in [7, 11) is 1.74. The van der Waals surface area contributed by atoms with Gasteiger partial charge >= 0.3 is 6.09 Å². The predicted molar refractivity (Wildman–Crippen MR) is 211 cm³/mol. The van der Waals surface area contributed by atoms with Crippen LogP contribution in [0.25, 0.3) is 11.1 Å². The van der Waals surface area contributed by atoms with Crippen molar-refractivity contribution in [2.75, 3.05) is 31.6 Å². The Morgan fingerprint density at radius 1 is 0.944 bits per heavy atom. The van der Waals surface area contributed by atoms with E-state index in [0.717, 1.165) is 68.2 Å². The van der Waals surface area contributed by atoms with Gasteiger partial charge < -0.3 is 19.5 Å². The summed E-state index contributed by atoms with van der Waals surface area (Å²) in [4.78, 5) is 36.3. The molecule has 1 N–H and O–H groups in total. The van der Waals surface area contributed by atoms with Gasteiger partial charge in [0, 0.05) is 43.5 Å². The van der Waals surface area contributed by atoms with Crippen molar-refractivity contribution in [1.29, 1.82) is 0 Å². The Kier molecular flexibility index (Phi) is 11.1. The van der Waals surface area contributed by atoms with Crippen LogP contribution in [0.3, 0.4) is 0 Å². The molecule has 2 bridgehead atoms. The molecule has 0 radical (unpaired) electrons. The highest BCUT2D eigenvalue weighted by Crippen LogP contribution is 2.58. The predicted octanol–water partition coefficient (Wildman–Crippen LogP) is 8.57. The summed E-state index contributed by atoms with van der Waals surface area (Å²) < 4.78 is 13.6. The molecule has 3 heterocycles. The van der Waals surface area contributed by atoms with Gasteiger partial charge in [-0.1, -0.05) is 26.0 Å². The van der Waals surface area contributed by atoms with Crippen LogP contribution < -0.4 is 9.64 Å². The summed E-state index contributed by atoms with van der Waals surface area (Å²) in [6, 6.07) is 10.8. The van der Waals surface area contributed by atoms with Crippen molar-refractivity contribution in [3.05, 3.63) is 60.0 Å². The minimum Gasteiger partial charge on any atom is -0.496 e. The number of ether oxygens (including phenoxy) is 2. The van der Waals surface area contributed by atoms with Gasteiger partial charge in [-0.25, -0.2) is 9.78 Å². The maximum atomic E-state index is 14.8. The molecule has 5 aliphatic rings. The fourth-order valence-corrected chi connectivity index (χ4v) is 9.75. The summed E-state index contributed by atoms with van der Waals surface area (Å²) in [5, 5.41) is 14.6. The normalized spacial score (nSPS) is 26.1. The Balaban J connectivity index is 1.10. The number of aryl methyl sites for hydroxylation is 1.